The zero-order valence-corrected chi connectivity index (χ0v) is 20.8. The van der Waals surface area contributed by atoms with Crippen molar-refractivity contribution in [1.29, 1.82) is 0 Å². The molecule has 6 atom stereocenters. The molecule has 4 N–H and O–H groups in total. The van der Waals surface area contributed by atoms with E-state index in [9.17, 15) is 34.2 Å². The lowest BCUT2D eigenvalue weighted by Crippen LogP contribution is -2.74. The summed E-state index contributed by atoms with van der Waals surface area (Å²) in [5, 5.41) is 24.2. The molecule has 9 nitrogen and oxygen atoms in total. The van der Waals surface area contributed by atoms with Crippen molar-refractivity contribution in [3.8, 4) is 16.2 Å². The number of thiophene rings is 1. The number of aliphatic hydroxyl groups is 1. The number of hydrogen-bond acceptors (Lipinski definition) is 9. The second-order valence-corrected chi connectivity index (χ2v) is 11.2. The molecular weight excluding hydrogens is 484 g/mol. The number of nitrogens with two attached hydrogens (primary N) is 1. The van der Waals surface area contributed by atoms with Crippen LogP contribution in [0.4, 0.5) is 0 Å². The highest BCUT2D eigenvalue weighted by atomic mass is 32.1. The Hall–Kier alpha value is -3.21. The van der Waals surface area contributed by atoms with Crippen molar-refractivity contribution < 1.29 is 34.2 Å². The predicted molar refractivity (Wildman–Crippen MR) is 129 cm³/mol. The SMILES string of the molecule is Cc1csc(-c2ccc(O)c3c2C[C@H]2C[C@H]4[C@H](N(C)C)C(=O)C(C(N)=O)C(=O)[C@@]4(O)C(=O)C2C3=O)c1. The van der Waals surface area contributed by atoms with Gasteiger partial charge in [0, 0.05) is 10.8 Å². The van der Waals surface area contributed by atoms with Crippen molar-refractivity contribution in [2.45, 2.75) is 31.4 Å². The summed E-state index contributed by atoms with van der Waals surface area (Å²) in [5.74, 6) is -10.4. The number of aromatic hydroxyl groups is 1. The highest BCUT2D eigenvalue weighted by Crippen LogP contribution is 2.52. The van der Waals surface area contributed by atoms with E-state index in [-0.39, 0.29) is 24.2 Å². The van der Waals surface area contributed by atoms with Crippen molar-refractivity contribution >= 4 is 40.4 Å². The number of nitrogens with zero attached hydrogens (tertiary/aromatic N) is 1. The largest absolute Gasteiger partial charge is 0.507 e. The monoisotopic (exact) mass is 510 g/mol. The fraction of sp³-hybridized carbons (Fsp3) is 0.423. The Morgan fingerprint density at radius 2 is 1.86 bits per heavy atom. The van der Waals surface area contributed by atoms with Crippen LogP contribution in [-0.2, 0) is 25.6 Å². The quantitative estimate of drug-likeness (QED) is 0.515. The lowest BCUT2D eigenvalue weighted by Gasteiger charge is -2.52. The average molecular weight is 511 g/mol. The number of Topliss-reactive ketones (excluding diaryl/α,β-unsaturated/α-hetero) is 4. The number of benzene rings is 1. The summed E-state index contributed by atoms with van der Waals surface area (Å²) >= 11 is 1.50. The van der Waals surface area contributed by atoms with E-state index in [2.05, 4.69) is 0 Å². The summed E-state index contributed by atoms with van der Waals surface area (Å²) in [6.07, 6.45) is 0.273. The number of fused-ring (bicyclic) bond motifs is 3. The van der Waals surface area contributed by atoms with Gasteiger partial charge in [0.15, 0.2) is 34.7 Å². The van der Waals surface area contributed by atoms with Gasteiger partial charge < -0.3 is 15.9 Å². The first-order chi connectivity index (χ1) is 16.9. The molecule has 1 amide bonds. The molecule has 188 valence electrons. The summed E-state index contributed by atoms with van der Waals surface area (Å²) < 4.78 is 0. The van der Waals surface area contributed by atoms with Crippen LogP contribution < -0.4 is 5.73 Å². The minimum atomic E-state index is -2.71. The van der Waals surface area contributed by atoms with Crippen LogP contribution in [0, 0.1) is 30.6 Å². The third-order valence-corrected chi connectivity index (χ3v) is 9.02. The van der Waals surface area contributed by atoms with Crippen LogP contribution in [0.25, 0.3) is 10.4 Å². The van der Waals surface area contributed by atoms with Crippen molar-refractivity contribution in [1.82, 2.24) is 4.90 Å². The topological polar surface area (TPSA) is 155 Å². The summed E-state index contributed by atoms with van der Waals surface area (Å²) in [5.41, 5.74) is 5.05. The first-order valence-corrected chi connectivity index (χ1v) is 12.5. The molecular formula is C26H26N2O7S. The molecule has 0 radical (unpaired) electrons. The summed E-state index contributed by atoms with van der Waals surface area (Å²) in [7, 11) is 3.12. The number of carbonyl (C=O) groups is 5. The molecule has 0 saturated heterocycles. The molecule has 5 rings (SSSR count). The lowest BCUT2D eigenvalue weighted by atomic mass is 9.52. The highest BCUT2D eigenvalue weighted by Gasteiger charge is 2.69. The van der Waals surface area contributed by atoms with Crippen LogP contribution in [-0.4, -0.2) is 69.9 Å². The third-order valence-electron chi connectivity index (χ3n) is 7.94. The molecule has 0 spiro atoms. The molecule has 0 aliphatic heterocycles. The third kappa shape index (κ3) is 3.17. The molecule has 36 heavy (non-hydrogen) atoms. The van der Waals surface area contributed by atoms with Gasteiger partial charge >= 0.3 is 0 Å². The number of rotatable bonds is 3. The fourth-order valence-electron chi connectivity index (χ4n) is 6.41. The smallest absolute Gasteiger partial charge is 0.235 e. The first-order valence-electron chi connectivity index (χ1n) is 11.6. The molecule has 2 aromatic rings. The number of carbonyl (C=O) groups excluding carboxylic acids is 5. The van der Waals surface area contributed by atoms with E-state index in [0.717, 1.165) is 16.0 Å². The number of primary amides is 1. The van der Waals surface area contributed by atoms with Crippen LogP contribution in [0.5, 0.6) is 5.75 Å². The van der Waals surface area contributed by atoms with Gasteiger partial charge in [0.2, 0.25) is 5.91 Å². The maximum absolute atomic E-state index is 13.8. The number of phenolic OH excluding ortho intramolecular Hbond substituents is 1. The number of ketones is 4. The Balaban J connectivity index is 1.66. The summed E-state index contributed by atoms with van der Waals surface area (Å²) in [4.78, 5) is 68.4. The van der Waals surface area contributed by atoms with Gasteiger partial charge in [-0.25, -0.2) is 0 Å². The van der Waals surface area contributed by atoms with Crippen molar-refractivity contribution in [3.63, 3.8) is 0 Å². The minimum absolute atomic E-state index is 0.00477. The Labute approximate surface area is 210 Å². The molecule has 1 aromatic heterocycles. The number of hydrogen-bond donors (Lipinski definition) is 3. The number of aryl methyl sites for hydroxylation is 1. The maximum atomic E-state index is 13.8. The lowest BCUT2D eigenvalue weighted by molar-refractivity contribution is -0.181. The van der Waals surface area contributed by atoms with E-state index in [0.29, 0.717) is 5.56 Å². The zero-order chi connectivity index (χ0) is 26.3. The highest BCUT2D eigenvalue weighted by molar-refractivity contribution is 7.13. The minimum Gasteiger partial charge on any atom is -0.507 e. The normalized spacial score (nSPS) is 31.8. The van der Waals surface area contributed by atoms with Crippen molar-refractivity contribution in [2.75, 3.05) is 14.1 Å². The fourth-order valence-corrected chi connectivity index (χ4v) is 7.36. The Morgan fingerprint density at radius 3 is 2.44 bits per heavy atom. The van der Waals surface area contributed by atoms with Crippen LogP contribution in [0.15, 0.2) is 23.6 Å². The molecule has 2 saturated carbocycles. The van der Waals surface area contributed by atoms with Gasteiger partial charge in [0.1, 0.15) is 5.75 Å². The van der Waals surface area contributed by atoms with E-state index in [1.54, 1.807) is 20.2 Å². The predicted octanol–water partition coefficient (Wildman–Crippen LogP) is 0.904. The van der Waals surface area contributed by atoms with Crippen molar-refractivity contribution in [2.24, 2.45) is 29.4 Å². The van der Waals surface area contributed by atoms with Crippen LogP contribution in [0.1, 0.15) is 27.9 Å². The summed E-state index contributed by atoms with van der Waals surface area (Å²) in [6.45, 7) is 1.95. The van der Waals surface area contributed by atoms with Gasteiger partial charge in [-0.05, 0) is 80.0 Å². The molecule has 1 heterocycles. The Bertz CT molecular complexity index is 1360. The van der Waals surface area contributed by atoms with E-state index in [4.69, 9.17) is 5.73 Å². The molecule has 3 aliphatic carbocycles. The van der Waals surface area contributed by atoms with Crippen LogP contribution >= 0.6 is 11.3 Å². The van der Waals surface area contributed by atoms with Crippen molar-refractivity contribution in [3.05, 3.63) is 40.3 Å². The Kier molecular flexibility index (Phi) is 5.55. The molecule has 2 unspecified atom stereocenters. The first kappa shape index (κ1) is 24.5. The van der Waals surface area contributed by atoms with Gasteiger partial charge in [0.25, 0.3) is 0 Å². The van der Waals surface area contributed by atoms with E-state index in [1.165, 1.54) is 22.3 Å². The van der Waals surface area contributed by atoms with E-state index >= 15 is 0 Å². The molecule has 1 aromatic carbocycles. The van der Waals surface area contributed by atoms with Gasteiger partial charge in [-0.15, -0.1) is 11.3 Å². The maximum Gasteiger partial charge on any atom is 0.235 e. The number of likely N-dealkylation sites (N-methyl/N-ethyl adjacent to an activating group) is 1. The van der Waals surface area contributed by atoms with Crippen LogP contribution in [0.3, 0.4) is 0 Å². The standard InChI is InChI=1S/C26H26N2O7S/c1-10-6-16(36-9-10)12-4-5-15(29)18-13(12)7-11-8-14-20(28(2)3)22(31)19(25(27)34)24(33)26(14,35)23(32)17(11)21(18)30/h4-6,9,11,14,17,19-20,29,35H,7-8H2,1-3H3,(H2,27,34)/t11-,14-,17?,19?,20-,26-/m0/s1. The van der Waals surface area contributed by atoms with Crippen LogP contribution in [0.2, 0.25) is 0 Å². The van der Waals surface area contributed by atoms with Gasteiger partial charge in [-0.2, -0.15) is 0 Å². The van der Waals surface area contributed by atoms with Gasteiger partial charge in [0.05, 0.1) is 17.5 Å². The average Bonchev–Trinajstić information content (AvgIpc) is 3.22. The molecule has 3 aliphatic rings. The molecule has 0 bridgehead atoms. The van der Waals surface area contributed by atoms with Gasteiger partial charge in [-0.1, -0.05) is 0 Å². The zero-order valence-electron chi connectivity index (χ0n) is 20.0. The van der Waals surface area contributed by atoms with E-state index in [1.807, 2.05) is 18.4 Å². The summed E-state index contributed by atoms with van der Waals surface area (Å²) in [6, 6.07) is 4.00. The second kappa shape index (κ2) is 8.16. The van der Waals surface area contributed by atoms with E-state index < -0.39 is 64.4 Å². The Morgan fingerprint density at radius 1 is 1.17 bits per heavy atom. The number of phenols is 1. The number of amides is 1. The molecule has 10 heteroatoms. The van der Waals surface area contributed by atoms with Gasteiger partial charge in [-0.3, -0.25) is 28.9 Å². The second-order valence-electron chi connectivity index (χ2n) is 10.3. The molecule has 2 fully saturated rings.